The summed E-state index contributed by atoms with van der Waals surface area (Å²) in [6.45, 7) is 6.59. The standard InChI is InChI=1S/C23H26N4/c1-16-7-6-8-20-21-15-17(2)25-27(21)23(24-22(16)20)18-9-11-19(12-10-18)26-13-4-3-5-14-26/h6-12,15,23-24H,3-5,13-14H2,1-2H3. The molecule has 0 saturated carbocycles. The normalized spacial score (nSPS) is 18.6. The number of nitrogens with one attached hydrogen (secondary N) is 1. The van der Waals surface area contributed by atoms with Gasteiger partial charge in [-0.3, -0.25) is 0 Å². The molecule has 0 aliphatic carbocycles. The third-order valence-electron chi connectivity index (χ3n) is 5.86. The number of fused-ring (bicyclic) bond motifs is 3. The Hall–Kier alpha value is -2.75. The van der Waals surface area contributed by atoms with Crippen LogP contribution >= 0.6 is 0 Å². The number of nitrogens with zero attached hydrogens (tertiary/aromatic N) is 3. The minimum absolute atomic E-state index is 0.0257. The van der Waals surface area contributed by atoms with Crippen molar-refractivity contribution in [3.05, 3.63) is 65.4 Å². The maximum atomic E-state index is 4.79. The topological polar surface area (TPSA) is 33.1 Å². The molecule has 1 saturated heterocycles. The first-order valence-corrected chi connectivity index (χ1v) is 9.98. The lowest BCUT2D eigenvalue weighted by Crippen LogP contribution is -2.29. The average Bonchev–Trinajstić information content (AvgIpc) is 3.10. The molecule has 5 rings (SSSR count). The molecule has 27 heavy (non-hydrogen) atoms. The van der Waals surface area contributed by atoms with Crippen LogP contribution in [0.3, 0.4) is 0 Å². The first-order chi connectivity index (χ1) is 13.2. The van der Waals surface area contributed by atoms with Gasteiger partial charge in [-0.05, 0) is 62.4 Å². The zero-order valence-electron chi connectivity index (χ0n) is 16.1. The predicted molar refractivity (Wildman–Crippen MR) is 111 cm³/mol. The molecule has 138 valence electrons. The van der Waals surface area contributed by atoms with Crippen LogP contribution in [0.5, 0.6) is 0 Å². The van der Waals surface area contributed by atoms with Crippen LogP contribution in [0.15, 0.2) is 48.5 Å². The number of hydrogen-bond acceptors (Lipinski definition) is 3. The van der Waals surface area contributed by atoms with Gasteiger partial charge in [0.1, 0.15) is 6.17 Å². The van der Waals surface area contributed by atoms with Gasteiger partial charge in [0.2, 0.25) is 0 Å². The fourth-order valence-corrected chi connectivity index (χ4v) is 4.43. The van der Waals surface area contributed by atoms with Crippen molar-refractivity contribution in [3.63, 3.8) is 0 Å². The lowest BCUT2D eigenvalue weighted by atomic mass is 10.0. The van der Waals surface area contributed by atoms with Crippen LogP contribution in [-0.4, -0.2) is 22.9 Å². The first-order valence-electron chi connectivity index (χ1n) is 9.98. The summed E-state index contributed by atoms with van der Waals surface area (Å²) in [6.07, 6.45) is 3.99. The third kappa shape index (κ3) is 2.80. The fourth-order valence-electron chi connectivity index (χ4n) is 4.43. The number of aryl methyl sites for hydroxylation is 2. The second-order valence-electron chi connectivity index (χ2n) is 7.80. The summed E-state index contributed by atoms with van der Waals surface area (Å²) in [7, 11) is 0. The van der Waals surface area contributed by atoms with Crippen molar-refractivity contribution in [2.75, 3.05) is 23.3 Å². The van der Waals surface area contributed by atoms with Crippen LogP contribution in [0.1, 0.15) is 42.2 Å². The Morgan fingerprint density at radius 2 is 1.74 bits per heavy atom. The SMILES string of the molecule is Cc1cc2n(n1)C(c1ccc(N3CCCCC3)cc1)Nc1c(C)cccc1-2. The summed E-state index contributed by atoms with van der Waals surface area (Å²) in [4.78, 5) is 2.50. The molecule has 4 nitrogen and oxygen atoms in total. The molecule has 0 bridgehead atoms. The molecule has 3 aromatic rings. The molecule has 1 N–H and O–H groups in total. The van der Waals surface area contributed by atoms with E-state index in [1.165, 1.54) is 66.1 Å². The van der Waals surface area contributed by atoms with Gasteiger partial charge in [0.05, 0.1) is 11.4 Å². The van der Waals surface area contributed by atoms with Crippen molar-refractivity contribution in [2.45, 2.75) is 39.3 Å². The minimum atomic E-state index is 0.0257. The third-order valence-corrected chi connectivity index (χ3v) is 5.86. The molecular weight excluding hydrogens is 332 g/mol. The maximum absolute atomic E-state index is 4.79. The lowest BCUT2D eigenvalue weighted by Gasteiger charge is -2.31. The Balaban J connectivity index is 1.52. The number of hydrogen-bond donors (Lipinski definition) is 1. The quantitative estimate of drug-likeness (QED) is 0.689. The Kier molecular flexibility index (Phi) is 3.92. The molecule has 2 aliphatic rings. The van der Waals surface area contributed by atoms with Gasteiger partial charge < -0.3 is 10.2 Å². The van der Waals surface area contributed by atoms with Crippen molar-refractivity contribution in [1.82, 2.24) is 9.78 Å². The van der Waals surface area contributed by atoms with Crippen molar-refractivity contribution in [3.8, 4) is 11.3 Å². The van der Waals surface area contributed by atoms with Gasteiger partial charge in [0.25, 0.3) is 0 Å². The molecule has 1 atom stereocenters. The second-order valence-corrected chi connectivity index (χ2v) is 7.80. The molecular formula is C23H26N4. The van der Waals surface area contributed by atoms with E-state index in [1.807, 2.05) is 0 Å². The summed E-state index contributed by atoms with van der Waals surface area (Å²) < 4.78 is 2.13. The van der Waals surface area contributed by atoms with Gasteiger partial charge in [0.15, 0.2) is 0 Å². The van der Waals surface area contributed by atoms with Crippen LogP contribution in [0.4, 0.5) is 11.4 Å². The van der Waals surface area contributed by atoms with Crippen LogP contribution in [0, 0.1) is 13.8 Å². The van der Waals surface area contributed by atoms with Gasteiger partial charge in [-0.1, -0.05) is 30.3 Å². The Morgan fingerprint density at radius 1 is 0.963 bits per heavy atom. The van der Waals surface area contributed by atoms with E-state index in [0.29, 0.717) is 0 Å². The minimum Gasteiger partial charge on any atom is -0.372 e. The molecule has 0 spiro atoms. The van der Waals surface area contributed by atoms with Crippen molar-refractivity contribution >= 4 is 11.4 Å². The molecule has 1 aromatic heterocycles. The molecule has 0 amide bonds. The van der Waals surface area contributed by atoms with E-state index in [-0.39, 0.29) is 6.17 Å². The smallest absolute Gasteiger partial charge is 0.147 e. The van der Waals surface area contributed by atoms with Gasteiger partial charge in [0, 0.05) is 30.0 Å². The monoisotopic (exact) mass is 358 g/mol. The largest absolute Gasteiger partial charge is 0.372 e. The predicted octanol–water partition coefficient (Wildman–Crippen LogP) is 5.13. The number of anilines is 2. The molecule has 1 fully saturated rings. The summed E-state index contributed by atoms with van der Waals surface area (Å²) >= 11 is 0. The van der Waals surface area contributed by atoms with Gasteiger partial charge in [-0.15, -0.1) is 0 Å². The summed E-state index contributed by atoms with van der Waals surface area (Å²) in [5.41, 5.74) is 8.54. The second kappa shape index (κ2) is 6.45. The molecule has 3 heterocycles. The van der Waals surface area contributed by atoms with E-state index in [1.54, 1.807) is 0 Å². The molecule has 4 heteroatoms. The van der Waals surface area contributed by atoms with Crippen LogP contribution in [0.25, 0.3) is 11.3 Å². The van der Waals surface area contributed by atoms with E-state index in [2.05, 4.69) is 77.3 Å². The highest BCUT2D eigenvalue weighted by Crippen LogP contribution is 2.40. The van der Waals surface area contributed by atoms with Crippen LogP contribution in [-0.2, 0) is 0 Å². The van der Waals surface area contributed by atoms with E-state index >= 15 is 0 Å². The van der Waals surface area contributed by atoms with E-state index in [9.17, 15) is 0 Å². The first kappa shape index (κ1) is 16.4. The Labute approximate surface area is 160 Å². The zero-order valence-corrected chi connectivity index (χ0v) is 16.1. The van der Waals surface area contributed by atoms with Crippen LogP contribution in [0.2, 0.25) is 0 Å². The number of aromatic nitrogens is 2. The maximum Gasteiger partial charge on any atom is 0.147 e. The Bertz CT molecular complexity index is 965. The summed E-state index contributed by atoms with van der Waals surface area (Å²) in [5.74, 6) is 0. The summed E-state index contributed by atoms with van der Waals surface area (Å²) in [5, 5.41) is 8.53. The lowest BCUT2D eigenvalue weighted by molar-refractivity contribution is 0.568. The Morgan fingerprint density at radius 3 is 2.52 bits per heavy atom. The highest BCUT2D eigenvalue weighted by atomic mass is 15.4. The van der Waals surface area contributed by atoms with Crippen molar-refractivity contribution in [1.29, 1.82) is 0 Å². The van der Waals surface area contributed by atoms with Crippen molar-refractivity contribution in [2.24, 2.45) is 0 Å². The fraction of sp³-hybridized carbons (Fsp3) is 0.348. The molecule has 0 radical (unpaired) electrons. The van der Waals surface area contributed by atoms with E-state index in [4.69, 9.17) is 5.10 Å². The number of para-hydroxylation sites is 1. The van der Waals surface area contributed by atoms with Gasteiger partial charge in [-0.2, -0.15) is 5.10 Å². The molecule has 1 unspecified atom stereocenters. The number of piperidine rings is 1. The highest BCUT2D eigenvalue weighted by molar-refractivity contribution is 5.81. The molecule has 2 aliphatic heterocycles. The van der Waals surface area contributed by atoms with Crippen LogP contribution < -0.4 is 10.2 Å². The van der Waals surface area contributed by atoms with Gasteiger partial charge in [-0.25, -0.2) is 4.68 Å². The van der Waals surface area contributed by atoms with E-state index in [0.717, 1.165) is 5.69 Å². The van der Waals surface area contributed by atoms with Gasteiger partial charge >= 0.3 is 0 Å². The molecule has 2 aromatic carbocycles. The van der Waals surface area contributed by atoms with Crippen molar-refractivity contribution < 1.29 is 0 Å². The zero-order chi connectivity index (χ0) is 18.4. The summed E-state index contributed by atoms with van der Waals surface area (Å²) in [6, 6.07) is 17.7. The highest BCUT2D eigenvalue weighted by Gasteiger charge is 2.27. The average molecular weight is 358 g/mol. The van der Waals surface area contributed by atoms with E-state index < -0.39 is 0 Å². The number of rotatable bonds is 2. The number of benzene rings is 2.